The first kappa shape index (κ1) is 14.5. The van der Waals surface area contributed by atoms with Crippen molar-refractivity contribution in [1.29, 1.82) is 0 Å². The van der Waals surface area contributed by atoms with Crippen molar-refractivity contribution in [3.8, 4) is 0 Å². The van der Waals surface area contributed by atoms with Crippen molar-refractivity contribution in [2.45, 2.75) is 18.4 Å². The molecule has 1 aliphatic rings. The Bertz CT molecular complexity index is 530. The van der Waals surface area contributed by atoms with Gasteiger partial charge in [0, 0.05) is 22.9 Å². The lowest BCUT2D eigenvalue weighted by molar-refractivity contribution is -0.528. The molecular formula is C14H15ClN2O3. The summed E-state index contributed by atoms with van der Waals surface area (Å²) in [6.07, 6.45) is 1.72. The molecule has 0 bridgehead atoms. The van der Waals surface area contributed by atoms with Gasteiger partial charge in [0.1, 0.15) is 0 Å². The second kappa shape index (κ2) is 6.05. The molecule has 1 heterocycles. The van der Waals surface area contributed by atoms with Crippen LogP contribution in [0.2, 0.25) is 5.02 Å². The minimum absolute atomic E-state index is 0.0806. The highest BCUT2D eigenvalue weighted by atomic mass is 35.5. The number of carbonyl (C=O) groups excluding carboxylic acids is 1. The normalized spacial score (nSPS) is 22.6. The van der Waals surface area contributed by atoms with Crippen LogP contribution in [0.4, 0.5) is 0 Å². The zero-order chi connectivity index (χ0) is 14.7. The second-order valence-corrected chi connectivity index (χ2v) is 5.24. The number of halogens is 1. The number of nitro groups is 1. The molecule has 2 atom stereocenters. The molecule has 6 heteroatoms. The van der Waals surface area contributed by atoms with Gasteiger partial charge in [-0.1, -0.05) is 29.8 Å². The van der Waals surface area contributed by atoms with Gasteiger partial charge >= 0.3 is 0 Å². The van der Waals surface area contributed by atoms with Gasteiger partial charge in [-0.05, 0) is 17.7 Å². The zero-order valence-electron chi connectivity index (χ0n) is 10.9. The third kappa shape index (κ3) is 2.99. The first-order valence-corrected chi connectivity index (χ1v) is 6.68. The average molecular weight is 295 g/mol. The van der Waals surface area contributed by atoms with Crippen LogP contribution in [0.3, 0.4) is 0 Å². The molecule has 0 spiro atoms. The predicted octanol–water partition coefficient (Wildman–Crippen LogP) is 2.49. The van der Waals surface area contributed by atoms with Crippen LogP contribution in [-0.4, -0.2) is 34.9 Å². The summed E-state index contributed by atoms with van der Waals surface area (Å²) in [5.41, 5.74) is 0.780. The molecule has 0 saturated carbocycles. The van der Waals surface area contributed by atoms with Crippen LogP contribution in [0.5, 0.6) is 0 Å². The first-order valence-electron chi connectivity index (χ1n) is 6.30. The van der Waals surface area contributed by atoms with Crippen molar-refractivity contribution >= 4 is 17.5 Å². The minimum Gasteiger partial charge on any atom is -0.332 e. The fourth-order valence-corrected chi connectivity index (χ4v) is 2.63. The van der Waals surface area contributed by atoms with Crippen molar-refractivity contribution in [1.82, 2.24) is 4.90 Å². The van der Waals surface area contributed by atoms with Crippen LogP contribution in [-0.2, 0) is 4.79 Å². The van der Waals surface area contributed by atoms with Gasteiger partial charge in [0.15, 0.2) is 0 Å². The molecule has 0 N–H and O–H groups in total. The molecule has 1 aliphatic heterocycles. The zero-order valence-corrected chi connectivity index (χ0v) is 11.6. The van der Waals surface area contributed by atoms with Gasteiger partial charge in [-0.25, -0.2) is 0 Å². The maximum absolute atomic E-state index is 12.0. The Balaban J connectivity index is 2.27. The van der Waals surface area contributed by atoms with Gasteiger partial charge in [0.2, 0.25) is 11.9 Å². The highest BCUT2D eigenvalue weighted by Gasteiger charge is 2.41. The van der Waals surface area contributed by atoms with Gasteiger partial charge in [0.25, 0.3) is 0 Å². The van der Waals surface area contributed by atoms with E-state index in [1.54, 1.807) is 30.3 Å². The lowest BCUT2D eigenvalue weighted by atomic mass is 9.85. The van der Waals surface area contributed by atoms with E-state index in [9.17, 15) is 14.9 Å². The van der Waals surface area contributed by atoms with Crippen molar-refractivity contribution in [3.63, 3.8) is 0 Å². The van der Waals surface area contributed by atoms with Crippen LogP contribution in [0, 0.1) is 10.1 Å². The van der Waals surface area contributed by atoms with Gasteiger partial charge in [-0.15, -0.1) is 6.58 Å². The molecule has 0 aromatic heterocycles. The Hall–Kier alpha value is -1.88. The van der Waals surface area contributed by atoms with E-state index in [4.69, 9.17) is 11.6 Å². The van der Waals surface area contributed by atoms with Gasteiger partial charge in [-0.2, -0.15) is 0 Å². The molecule has 1 saturated heterocycles. The van der Waals surface area contributed by atoms with Crippen LogP contribution in [0.1, 0.15) is 17.9 Å². The van der Waals surface area contributed by atoms with Crippen molar-refractivity contribution in [2.24, 2.45) is 0 Å². The summed E-state index contributed by atoms with van der Waals surface area (Å²) < 4.78 is 0. The number of nitrogens with zero attached hydrogens (tertiary/aromatic N) is 2. The quantitative estimate of drug-likeness (QED) is 0.487. The lowest BCUT2D eigenvalue weighted by Gasteiger charge is -2.33. The van der Waals surface area contributed by atoms with Gasteiger partial charge < -0.3 is 4.90 Å². The number of hydrogen-bond donors (Lipinski definition) is 0. The van der Waals surface area contributed by atoms with Crippen molar-refractivity contribution in [2.75, 3.05) is 13.1 Å². The highest BCUT2D eigenvalue weighted by Crippen LogP contribution is 2.31. The SMILES string of the molecule is C=CCN1C[C@@H]([N+](=O)[O-])[C@@H](c2ccc(Cl)cc2)CC1=O. The average Bonchev–Trinajstić information content (AvgIpc) is 2.41. The van der Waals surface area contributed by atoms with Crippen LogP contribution >= 0.6 is 11.6 Å². The third-order valence-electron chi connectivity index (χ3n) is 3.54. The molecule has 1 fully saturated rings. The molecule has 5 nitrogen and oxygen atoms in total. The van der Waals surface area contributed by atoms with Gasteiger partial charge in [-0.3, -0.25) is 14.9 Å². The molecule has 20 heavy (non-hydrogen) atoms. The van der Waals surface area contributed by atoms with Gasteiger partial charge in [0.05, 0.1) is 12.5 Å². The number of likely N-dealkylation sites (tertiary alicyclic amines) is 1. The summed E-state index contributed by atoms with van der Waals surface area (Å²) in [5, 5.41) is 11.8. The molecule has 1 aromatic carbocycles. The van der Waals surface area contributed by atoms with E-state index in [2.05, 4.69) is 6.58 Å². The fraction of sp³-hybridized carbons (Fsp3) is 0.357. The van der Waals surface area contributed by atoms with Crippen LogP contribution in [0.25, 0.3) is 0 Å². The second-order valence-electron chi connectivity index (χ2n) is 4.80. The fourth-order valence-electron chi connectivity index (χ4n) is 2.50. The summed E-state index contributed by atoms with van der Waals surface area (Å²) in [6.45, 7) is 4.03. The maximum atomic E-state index is 12.0. The number of hydrogen-bond acceptors (Lipinski definition) is 3. The Morgan fingerprint density at radius 1 is 1.45 bits per heavy atom. The van der Waals surface area contributed by atoms with E-state index in [0.717, 1.165) is 5.56 Å². The number of benzene rings is 1. The number of carbonyl (C=O) groups is 1. The predicted molar refractivity (Wildman–Crippen MR) is 76.4 cm³/mol. The Labute approximate surface area is 122 Å². The van der Waals surface area contributed by atoms with E-state index in [0.29, 0.717) is 11.6 Å². The number of amides is 1. The van der Waals surface area contributed by atoms with E-state index < -0.39 is 12.0 Å². The summed E-state index contributed by atoms with van der Waals surface area (Å²) >= 11 is 5.82. The standard InChI is InChI=1S/C14H15ClN2O3/c1-2-7-16-9-13(17(19)20)12(8-14(16)18)10-3-5-11(15)6-4-10/h2-6,12-13H,1,7-9H2/t12-,13-/m1/s1. The van der Waals surface area contributed by atoms with E-state index in [1.807, 2.05) is 0 Å². The molecular weight excluding hydrogens is 280 g/mol. The molecule has 106 valence electrons. The van der Waals surface area contributed by atoms with Crippen LogP contribution < -0.4 is 0 Å². The summed E-state index contributed by atoms with van der Waals surface area (Å²) in [6, 6.07) is 6.08. The summed E-state index contributed by atoms with van der Waals surface area (Å²) in [7, 11) is 0. The Morgan fingerprint density at radius 3 is 2.65 bits per heavy atom. The monoisotopic (exact) mass is 294 g/mol. The maximum Gasteiger partial charge on any atom is 0.237 e. The van der Waals surface area contributed by atoms with Crippen LogP contribution in [0.15, 0.2) is 36.9 Å². The smallest absolute Gasteiger partial charge is 0.237 e. The number of piperidine rings is 1. The largest absolute Gasteiger partial charge is 0.332 e. The first-order chi connectivity index (χ1) is 9.52. The lowest BCUT2D eigenvalue weighted by Crippen LogP contribution is -2.49. The summed E-state index contributed by atoms with van der Waals surface area (Å²) in [5.74, 6) is -0.487. The topological polar surface area (TPSA) is 63.4 Å². The highest BCUT2D eigenvalue weighted by molar-refractivity contribution is 6.30. The van der Waals surface area contributed by atoms with Crippen molar-refractivity contribution in [3.05, 3.63) is 57.6 Å². The summed E-state index contributed by atoms with van der Waals surface area (Å²) in [4.78, 5) is 24.5. The molecule has 2 rings (SSSR count). The Kier molecular flexibility index (Phi) is 4.39. The molecule has 0 radical (unpaired) electrons. The molecule has 0 unspecified atom stereocenters. The molecule has 1 amide bonds. The number of rotatable bonds is 4. The van der Waals surface area contributed by atoms with E-state index >= 15 is 0 Å². The third-order valence-corrected chi connectivity index (χ3v) is 3.79. The molecule has 0 aliphatic carbocycles. The minimum atomic E-state index is -0.797. The van der Waals surface area contributed by atoms with Crippen molar-refractivity contribution < 1.29 is 9.72 Å². The molecule has 1 aromatic rings. The van der Waals surface area contributed by atoms with E-state index in [-0.39, 0.29) is 23.8 Å². The van der Waals surface area contributed by atoms with E-state index in [1.165, 1.54) is 4.90 Å². The Morgan fingerprint density at radius 2 is 2.10 bits per heavy atom.